The van der Waals surface area contributed by atoms with Crippen LogP contribution in [0.2, 0.25) is 0 Å². The number of H-pyrrole nitrogens is 2. The highest BCUT2D eigenvalue weighted by Crippen LogP contribution is 2.41. The molecule has 2 aliphatic heterocycles. The zero-order chi connectivity index (χ0) is 35.4. The molecule has 0 fully saturated rings. The number of ether oxygens (including phenoxy) is 4. The van der Waals surface area contributed by atoms with Gasteiger partial charge in [0.1, 0.15) is 5.56 Å². The van der Waals surface area contributed by atoms with Gasteiger partial charge in [-0.25, -0.2) is 14.4 Å². The lowest BCUT2D eigenvalue weighted by atomic mass is 9.86. The van der Waals surface area contributed by atoms with Crippen LogP contribution in [0.3, 0.4) is 0 Å². The summed E-state index contributed by atoms with van der Waals surface area (Å²) in [4.78, 5) is 56.0. The monoisotopic (exact) mass is 728 g/mol. The summed E-state index contributed by atoms with van der Waals surface area (Å²) < 4.78 is 21.9. The summed E-state index contributed by atoms with van der Waals surface area (Å²) in [5.74, 6) is -1.14. The number of halogens is 1. The molecular formula is C37H37BrN4O7. The third-order valence-electron chi connectivity index (χ3n) is 9.10. The molecule has 2 N–H and O–H groups in total. The van der Waals surface area contributed by atoms with Gasteiger partial charge in [-0.2, -0.15) is 0 Å². The molecule has 3 aromatic heterocycles. The van der Waals surface area contributed by atoms with E-state index in [1.165, 1.54) is 21.3 Å². The van der Waals surface area contributed by atoms with Gasteiger partial charge < -0.3 is 28.9 Å². The molecule has 4 aromatic rings. The van der Waals surface area contributed by atoms with Crippen molar-refractivity contribution in [3.63, 3.8) is 0 Å². The van der Waals surface area contributed by atoms with Gasteiger partial charge in [-0.05, 0) is 51.8 Å². The summed E-state index contributed by atoms with van der Waals surface area (Å²) >= 11 is 3.65. The first-order valence-electron chi connectivity index (χ1n) is 15.6. The molecule has 1 aromatic carbocycles. The van der Waals surface area contributed by atoms with E-state index in [-0.39, 0.29) is 5.56 Å². The smallest absolute Gasteiger partial charge is 0.341 e. The van der Waals surface area contributed by atoms with Gasteiger partial charge >= 0.3 is 17.9 Å². The van der Waals surface area contributed by atoms with Crippen molar-refractivity contribution in [2.24, 2.45) is 0 Å². The molecule has 2 aliphatic rings. The molecule has 6 rings (SSSR count). The summed E-state index contributed by atoms with van der Waals surface area (Å²) in [5.41, 5.74) is 6.41. The van der Waals surface area contributed by atoms with Crippen molar-refractivity contribution in [2.75, 3.05) is 28.4 Å². The van der Waals surface area contributed by atoms with Crippen LogP contribution in [-0.2, 0) is 37.9 Å². The zero-order valence-electron chi connectivity index (χ0n) is 28.6. The zero-order valence-corrected chi connectivity index (χ0v) is 30.2. The number of carbonyl (C=O) groups is 3. The first-order chi connectivity index (χ1) is 23.2. The van der Waals surface area contributed by atoms with Crippen molar-refractivity contribution in [3.8, 4) is 16.9 Å². The van der Waals surface area contributed by atoms with E-state index in [0.29, 0.717) is 78.8 Å². The maximum Gasteiger partial charge on any atom is 0.341 e. The third kappa shape index (κ3) is 5.88. The lowest BCUT2D eigenvalue weighted by Crippen LogP contribution is -2.15. The molecule has 0 radical (unpaired) electrons. The van der Waals surface area contributed by atoms with E-state index in [1.807, 2.05) is 18.2 Å². The van der Waals surface area contributed by atoms with E-state index in [9.17, 15) is 14.4 Å². The van der Waals surface area contributed by atoms with Crippen molar-refractivity contribution in [1.29, 1.82) is 0 Å². The van der Waals surface area contributed by atoms with Crippen molar-refractivity contribution in [3.05, 3.63) is 86.4 Å². The first-order valence-corrected chi connectivity index (χ1v) is 16.4. The Bertz CT molecular complexity index is 2200. The minimum atomic E-state index is -0.538. The standard InChI is InChI=1S/C37H37BrN4O7/c1-36(2)16-20-13-21-28(34(44)48-7)27(18-9-11-19(12-10-18)33(43)47-6)22(40-21)14-26-37(3,4)17-24(41-26)32(46-5)31-29(35(45)49-8)30(38)23(42-31)15-25(36)39-20/h9-15,40,42H,16-17H2,1-8H3. The summed E-state index contributed by atoms with van der Waals surface area (Å²) in [6, 6.07) is 12.5. The summed E-state index contributed by atoms with van der Waals surface area (Å²) in [6.45, 7) is 8.30. The van der Waals surface area contributed by atoms with Crippen LogP contribution in [0.15, 0.2) is 46.9 Å². The Hall–Kier alpha value is -4.97. The Morgan fingerprint density at radius 1 is 0.714 bits per heavy atom. The number of hydrogen-bond acceptors (Lipinski definition) is 9. The molecule has 8 bridgehead atoms. The number of benzene rings is 1. The predicted molar refractivity (Wildman–Crippen MR) is 188 cm³/mol. The Morgan fingerprint density at radius 3 is 1.94 bits per heavy atom. The second kappa shape index (κ2) is 12.5. The highest BCUT2D eigenvalue weighted by atomic mass is 79.9. The van der Waals surface area contributed by atoms with Gasteiger partial charge in [-0.15, -0.1) is 0 Å². The molecule has 0 saturated carbocycles. The van der Waals surface area contributed by atoms with Crippen LogP contribution in [0.1, 0.15) is 81.5 Å². The molecule has 0 saturated heterocycles. The second-order valence-electron chi connectivity index (χ2n) is 13.4. The fraction of sp³-hybridized carbons (Fsp3) is 0.324. The van der Waals surface area contributed by atoms with E-state index in [1.54, 1.807) is 31.4 Å². The lowest BCUT2D eigenvalue weighted by Gasteiger charge is -2.16. The van der Waals surface area contributed by atoms with Gasteiger partial charge in [0.25, 0.3) is 0 Å². The number of nitrogens with one attached hydrogen (secondary N) is 2. The Kier molecular flexibility index (Phi) is 8.64. The molecule has 49 heavy (non-hydrogen) atoms. The van der Waals surface area contributed by atoms with Crippen molar-refractivity contribution < 1.29 is 33.3 Å². The summed E-state index contributed by atoms with van der Waals surface area (Å²) in [5, 5.41) is 0. The van der Waals surface area contributed by atoms with Crippen molar-refractivity contribution in [1.82, 2.24) is 19.9 Å². The molecule has 5 heterocycles. The van der Waals surface area contributed by atoms with Gasteiger partial charge in [0.15, 0.2) is 5.75 Å². The van der Waals surface area contributed by atoms with Crippen LogP contribution in [0.25, 0.3) is 33.2 Å². The number of rotatable bonds is 5. The minimum absolute atomic E-state index is 0.286. The van der Waals surface area contributed by atoms with E-state index >= 15 is 0 Å². The fourth-order valence-corrected chi connectivity index (χ4v) is 7.10. The van der Waals surface area contributed by atoms with E-state index in [2.05, 4.69) is 53.6 Å². The summed E-state index contributed by atoms with van der Waals surface area (Å²) in [6.07, 6.45) is 1.06. The van der Waals surface area contributed by atoms with Crippen LogP contribution >= 0.6 is 15.9 Å². The average molecular weight is 730 g/mol. The van der Waals surface area contributed by atoms with Crippen LogP contribution in [-0.4, -0.2) is 66.3 Å². The Balaban J connectivity index is 1.82. The quantitative estimate of drug-likeness (QED) is 0.162. The van der Waals surface area contributed by atoms with E-state index in [4.69, 9.17) is 28.9 Å². The number of esters is 3. The van der Waals surface area contributed by atoms with Crippen LogP contribution < -0.4 is 4.74 Å². The third-order valence-corrected chi connectivity index (χ3v) is 9.93. The number of nitrogens with zero attached hydrogens (tertiary/aromatic N) is 2. The number of methoxy groups -OCH3 is 4. The molecule has 0 spiro atoms. The van der Waals surface area contributed by atoms with Gasteiger partial charge in [0.05, 0.1) is 66.3 Å². The molecule has 11 nitrogen and oxygen atoms in total. The largest absolute Gasteiger partial charge is 0.493 e. The van der Waals surface area contributed by atoms with Crippen molar-refractivity contribution >= 4 is 55.9 Å². The molecule has 254 valence electrons. The Labute approximate surface area is 291 Å². The fourth-order valence-electron chi connectivity index (χ4n) is 6.53. The van der Waals surface area contributed by atoms with Gasteiger partial charge in [-0.1, -0.05) is 39.8 Å². The van der Waals surface area contributed by atoms with Crippen LogP contribution in [0.4, 0.5) is 0 Å². The van der Waals surface area contributed by atoms with Gasteiger partial charge in [-0.3, -0.25) is 9.97 Å². The maximum atomic E-state index is 13.6. The first kappa shape index (κ1) is 33.9. The second-order valence-corrected chi connectivity index (χ2v) is 14.2. The molecule has 0 unspecified atom stereocenters. The molecule has 0 aliphatic carbocycles. The van der Waals surface area contributed by atoms with E-state index in [0.717, 1.165) is 11.4 Å². The number of aromatic amines is 2. The van der Waals surface area contributed by atoms with Crippen molar-refractivity contribution in [2.45, 2.75) is 51.4 Å². The number of carbonyl (C=O) groups excluding carboxylic acids is 3. The summed E-state index contributed by atoms with van der Waals surface area (Å²) in [7, 11) is 5.55. The Morgan fingerprint density at radius 2 is 1.31 bits per heavy atom. The molecular weight excluding hydrogens is 692 g/mol. The number of fused-ring (bicyclic) bond motifs is 8. The van der Waals surface area contributed by atoms with Gasteiger partial charge in [0, 0.05) is 51.8 Å². The SMILES string of the molecule is COC(=O)c1ccc(-c2c(C(=O)OC)c3cc4nc(cc5[nH]c(c(OC)c6nc(cc2[nH]3)C(C)(C)C6)c(C(=O)OC)c5Br)C(C)(C)C4)cc1. The lowest BCUT2D eigenvalue weighted by molar-refractivity contribution is 0.0592. The highest BCUT2D eigenvalue weighted by Gasteiger charge is 2.34. The maximum absolute atomic E-state index is 13.6. The topological polar surface area (TPSA) is 145 Å². The normalized spacial score (nSPS) is 14.6. The predicted octanol–water partition coefficient (Wildman–Crippen LogP) is 7.15. The molecule has 0 atom stereocenters. The number of hydrogen-bond donors (Lipinski definition) is 2. The minimum Gasteiger partial charge on any atom is -0.493 e. The average Bonchev–Trinajstić information content (AvgIpc) is 3.76. The molecule has 12 heteroatoms. The number of aromatic nitrogens is 4. The highest BCUT2D eigenvalue weighted by molar-refractivity contribution is 9.10. The van der Waals surface area contributed by atoms with Crippen LogP contribution in [0, 0.1) is 0 Å². The van der Waals surface area contributed by atoms with Gasteiger partial charge in [0.2, 0.25) is 0 Å². The molecule has 0 amide bonds. The van der Waals surface area contributed by atoms with Crippen LogP contribution in [0.5, 0.6) is 5.75 Å². The van der Waals surface area contributed by atoms with E-state index < -0.39 is 28.7 Å².